The van der Waals surface area contributed by atoms with E-state index in [1.807, 2.05) is 0 Å². The molecule has 0 bridgehead atoms. The Morgan fingerprint density at radius 2 is 2.06 bits per heavy atom. The highest BCUT2D eigenvalue weighted by Gasteiger charge is 2.08. The second-order valence-electron chi connectivity index (χ2n) is 3.56. The molecule has 2 rings (SSSR count). The van der Waals surface area contributed by atoms with E-state index in [4.69, 9.17) is 14.6 Å². The standard InChI is InChI=1S/C13H12FNO3/c1-17-11-3-2-4-12(6-11)18-13-9(8-16)5-10(14)7-15-13/h2-7,16H,8H2,1H3. The lowest BCUT2D eigenvalue weighted by molar-refractivity contribution is 0.274. The number of aliphatic hydroxyl groups is 1. The quantitative estimate of drug-likeness (QED) is 0.904. The summed E-state index contributed by atoms with van der Waals surface area (Å²) in [4.78, 5) is 3.80. The Morgan fingerprint density at radius 3 is 2.78 bits per heavy atom. The zero-order valence-corrected chi connectivity index (χ0v) is 9.76. The molecule has 0 aliphatic carbocycles. The zero-order chi connectivity index (χ0) is 13.0. The number of hydrogen-bond donors (Lipinski definition) is 1. The van der Waals surface area contributed by atoms with Gasteiger partial charge < -0.3 is 14.6 Å². The number of nitrogens with zero attached hydrogens (tertiary/aromatic N) is 1. The lowest BCUT2D eigenvalue weighted by atomic mass is 10.3. The van der Waals surface area contributed by atoms with Crippen molar-refractivity contribution in [2.75, 3.05) is 7.11 Å². The summed E-state index contributed by atoms with van der Waals surface area (Å²) in [5, 5.41) is 9.11. The van der Waals surface area contributed by atoms with E-state index in [-0.39, 0.29) is 18.1 Å². The summed E-state index contributed by atoms with van der Waals surface area (Å²) in [5.74, 6) is 0.799. The molecule has 5 heteroatoms. The molecule has 94 valence electrons. The van der Waals surface area contributed by atoms with Crippen LogP contribution < -0.4 is 9.47 Å². The average Bonchev–Trinajstić information content (AvgIpc) is 2.41. The number of aliphatic hydroxyl groups excluding tert-OH is 1. The topological polar surface area (TPSA) is 51.6 Å². The Balaban J connectivity index is 2.27. The van der Waals surface area contributed by atoms with Gasteiger partial charge in [0.15, 0.2) is 0 Å². The van der Waals surface area contributed by atoms with Gasteiger partial charge in [0.05, 0.1) is 19.9 Å². The number of methoxy groups -OCH3 is 1. The molecule has 4 nitrogen and oxygen atoms in total. The number of pyridine rings is 1. The molecular formula is C13H12FNO3. The van der Waals surface area contributed by atoms with Crippen molar-refractivity contribution < 1.29 is 19.0 Å². The van der Waals surface area contributed by atoms with E-state index in [0.717, 1.165) is 6.20 Å². The molecule has 1 heterocycles. The van der Waals surface area contributed by atoms with Gasteiger partial charge in [0, 0.05) is 11.6 Å². The minimum Gasteiger partial charge on any atom is -0.497 e. The highest BCUT2D eigenvalue weighted by atomic mass is 19.1. The molecule has 1 N–H and O–H groups in total. The van der Waals surface area contributed by atoms with Gasteiger partial charge in [-0.3, -0.25) is 0 Å². The molecule has 1 aromatic carbocycles. The summed E-state index contributed by atoms with van der Waals surface area (Å²) >= 11 is 0. The first-order valence-corrected chi connectivity index (χ1v) is 5.30. The molecule has 0 saturated heterocycles. The lowest BCUT2D eigenvalue weighted by Crippen LogP contribution is -1.96. The predicted molar refractivity (Wildman–Crippen MR) is 63.2 cm³/mol. The summed E-state index contributed by atoms with van der Waals surface area (Å²) in [6.45, 7) is -0.343. The van der Waals surface area contributed by atoms with Crippen molar-refractivity contribution in [3.8, 4) is 17.4 Å². The van der Waals surface area contributed by atoms with Crippen molar-refractivity contribution in [3.63, 3.8) is 0 Å². The monoisotopic (exact) mass is 249 g/mol. The minimum absolute atomic E-state index is 0.173. The fraction of sp³-hybridized carbons (Fsp3) is 0.154. The maximum atomic E-state index is 12.9. The molecule has 18 heavy (non-hydrogen) atoms. The van der Waals surface area contributed by atoms with E-state index in [1.54, 1.807) is 31.4 Å². The number of hydrogen-bond acceptors (Lipinski definition) is 4. The van der Waals surface area contributed by atoms with Crippen molar-refractivity contribution in [2.45, 2.75) is 6.61 Å². The Bertz CT molecular complexity index is 546. The van der Waals surface area contributed by atoms with E-state index in [0.29, 0.717) is 11.5 Å². The van der Waals surface area contributed by atoms with Gasteiger partial charge in [-0.2, -0.15) is 0 Å². The third kappa shape index (κ3) is 2.75. The molecule has 0 fully saturated rings. The Morgan fingerprint density at radius 1 is 1.28 bits per heavy atom. The molecule has 1 aromatic heterocycles. The molecule has 0 spiro atoms. The van der Waals surface area contributed by atoms with Crippen LogP contribution in [0.3, 0.4) is 0 Å². The lowest BCUT2D eigenvalue weighted by Gasteiger charge is -2.09. The van der Waals surface area contributed by atoms with E-state index >= 15 is 0 Å². The van der Waals surface area contributed by atoms with Gasteiger partial charge in [0.2, 0.25) is 5.88 Å². The summed E-state index contributed by atoms with van der Waals surface area (Å²) in [6.07, 6.45) is 1.04. The highest BCUT2D eigenvalue weighted by molar-refractivity contribution is 5.37. The molecule has 0 atom stereocenters. The Kier molecular flexibility index (Phi) is 3.74. The number of rotatable bonds is 4. The summed E-state index contributed by atoms with van der Waals surface area (Å²) in [5.41, 5.74) is 0.290. The minimum atomic E-state index is -0.517. The fourth-order valence-corrected chi connectivity index (χ4v) is 1.45. The van der Waals surface area contributed by atoms with E-state index < -0.39 is 5.82 Å². The smallest absolute Gasteiger partial charge is 0.224 e. The van der Waals surface area contributed by atoms with Crippen molar-refractivity contribution in [1.82, 2.24) is 4.98 Å². The summed E-state index contributed by atoms with van der Waals surface area (Å²) < 4.78 is 23.5. The van der Waals surface area contributed by atoms with Crippen LogP contribution in [0.2, 0.25) is 0 Å². The zero-order valence-electron chi connectivity index (χ0n) is 9.76. The van der Waals surface area contributed by atoms with Gasteiger partial charge >= 0.3 is 0 Å². The summed E-state index contributed by atoms with van der Waals surface area (Å²) in [6, 6.07) is 8.11. The van der Waals surface area contributed by atoms with Crippen molar-refractivity contribution in [1.29, 1.82) is 0 Å². The van der Waals surface area contributed by atoms with Crippen LogP contribution in [0, 0.1) is 5.82 Å². The molecule has 0 aliphatic heterocycles. The molecule has 0 amide bonds. The number of halogens is 1. The van der Waals surface area contributed by atoms with Crippen LogP contribution in [0.1, 0.15) is 5.56 Å². The number of benzene rings is 1. The fourth-order valence-electron chi connectivity index (χ4n) is 1.45. The number of aromatic nitrogens is 1. The van der Waals surface area contributed by atoms with E-state index in [9.17, 15) is 4.39 Å². The van der Waals surface area contributed by atoms with E-state index in [2.05, 4.69) is 4.98 Å². The third-order valence-electron chi connectivity index (χ3n) is 2.32. The largest absolute Gasteiger partial charge is 0.497 e. The van der Waals surface area contributed by atoms with Crippen molar-refractivity contribution in [2.24, 2.45) is 0 Å². The van der Waals surface area contributed by atoms with Crippen LogP contribution in [-0.2, 0) is 6.61 Å². The van der Waals surface area contributed by atoms with Crippen LogP contribution in [0.15, 0.2) is 36.5 Å². The second-order valence-corrected chi connectivity index (χ2v) is 3.56. The predicted octanol–water partition coefficient (Wildman–Crippen LogP) is 2.51. The van der Waals surface area contributed by atoms with Crippen molar-refractivity contribution >= 4 is 0 Å². The van der Waals surface area contributed by atoms with Gasteiger partial charge in [-0.25, -0.2) is 9.37 Å². The van der Waals surface area contributed by atoms with Crippen molar-refractivity contribution in [3.05, 3.63) is 47.9 Å². The summed E-state index contributed by atoms with van der Waals surface area (Å²) in [7, 11) is 1.55. The highest BCUT2D eigenvalue weighted by Crippen LogP contribution is 2.26. The maximum Gasteiger partial charge on any atom is 0.224 e. The van der Waals surface area contributed by atoms with Gasteiger partial charge in [-0.1, -0.05) is 6.07 Å². The molecular weight excluding hydrogens is 237 g/mol. The molecule has 0 radical (unpaired) electrons. The second kappa shape index (κ2) is 5.46. The molecule has 2 aromatic rings. The molecule has 0 unspecified atom stereocenters. The normalized spacial score (nSPS) is 10.2. The van der Waals surface area contributed by atoms with Gasteiger partial charge in [0.25, 0.3) is 0 Å². The van der Waals surface area contributed by atoms with E-state index in [1.165, 1.54) is 6.07 Å². The first-order chi connectivity index (χ1) is 8.72. The van der Waals surface area contributed by atoms with Crippen LogP contribution in [0.5, 0.6) is 17.4 Å². The first-order valence-electron chi connectivity index (χ1n) is 5.30. The van der Waals surface area contributed by atoms with Gasteiger partial charge in [-0.05, 0) is 18.2 Å². The first kappa shape index (κ1) is 12.3. The van der Waals surface area contributed by atoms with Crippen LogP contribution in [-0.4, -0.2) is 17.2 Å². The van der Waals surface area contributed by atoms with Crippen LogP contribution >= 0.6 is 0 Å². The third-order valence-corrected chi connectivity index (χ3v) is 2.32. The van der Waals surface area contributed by atoms with Gasteiger partial charge in [0.1, 0.15) is 17.3 Å². The van der Waals surface area contributed by atoms with Crippen LogP contribution in [0.4, 0.5) is 4.39 Å². The SMILES string of the molecule is COc1cccc(Oc2ncc(F)cc2CO)c1. The van der Waals surface area contributed by atoms with Gasteiger partial charge in [-0.15, -0.1) is 0 Å². The Hall–Kier alpha value is -2.14. The molecule has 0 saturated carbocycles. The Labute approximate surface area is 104 Å². The van der Waals surface area contributed by atoms with Crippen LogP contribution in [0.25, 0.3) is 0 Å². The maximum absolute atomic E-state index is 12.9. The number of ether oxygens (including phenoxy) is 2. The average molecular weight is 249 g/mol. The molecule has 0 aliphatic rings.